The number of carbonyl (C=O) groups excluding carboxylic acids is 2. The molecule has 0 radical (unpaired) electrons. The molecule has 0 spiro atoms. The highest BCUT2D eigenvalue weighted by Crippen LogP contribution is 2.26. The minimum Gasteiger partial charge on any atom is -0.542 e. The molecular weight excluding hydrogens is 367 g/mol. The molecule has 0 bridgehead atoms. The van der Waals surface area contributed by atoms with Gasteiger partial charge in [0.05, 0.1) is 6.54 Å². The molecule has 1 aliphatic heterocycles. The van der Waals surface area contributed by atoms with Gasteiger partial charge in [0.25, 0.3) is 5.91 Å². The van der Waals surface area contributed by atoms with Crippen molar-refractivity contribution in [2.24, 2.45) is 0 Å². The minimum absolute atomic E-state index is 0.0753. The largest absolute Gasteiger partial charge is 0.542 e. The molecule has 0 saturated carbocycles. The van der Waals surface area contributed by atoms with Crippen LogP contribution in [0.2, 0.25) is 0 Å². The lowest BCUT2D eigenvalue weighted by molar-refractivity contribution is -0.344. The van der Waals surface area contributed by atoms with Crippen molar-refractivity contribution in [1.82, 2.24) is 4.31 Å². The number of halogens is 3. The fraction of sp³-hybridized carbons (Fsp3) is 0.222. The average Bonchev–Trinajstić information content (AvgIpc) is 3.12. The molecule has 1 heterocycles. The van der Waals surface area contributed by atoms with Gasteiger partial charge in [0, 0.05) is 12.0 Å². The van der Waals surface area contributed by atoms with Crippen LogP contribution in [0.15, 0.2) is 65.6 Å². The number of carboxylic acids is 1. The molecule has 1 unspecified atom stereocenters. The van der Waals surface area contributed by atoms with Crippen LogP contribution >= 0.6 is 0 Å². The predicted molar refractivity (Wildman–Crippen MR) is 90.1 cm³/mol. The highest BCUT2D eigenvalue weighted by atomic mass is 32.2. The lowest BCUT2D eigenvalue weighted by atomic mass is 10.2. The monoisotopic (exact) mass is 383 g/mol. The van der Waals surface area contributed by atoms with Crippen molar-refractivity contribution in [2.75, 3.05) is 12.3 Å². The maximum absolute atomic E-state index is 12.6. The van der Waals surface area contributed by atoms with E-state index < -0.39 is 12.1 Å². The van der Waals surface area contributed by atoms with Crippen LogP contribution in [0.3, 0.4) is 0 Å². The molecule has 0 aliphatic carbocycles. The molecule has 26 heavy (non-hydrogen) atoms. The number of hydrogen-bond donors (Lipinski definition) is 0. The van der Waals surface area contributed by atoms with Crippen LogP contribution in [0.25, 0.3) is 0 Å². The molecule has 3 rings (SSSR count). The first-order chi connectivity index (χ1) is 12.3. The Balaban J connectivity index is 0.000000298. The Bertz CT molecular complexity index is 738. The Morgan fingerprint density at radius 3 is 1.96 bits per heavy atom. The summed E-state index contributed by atoms with van der Waals surface area (Å²) in [7, 11) is 0. The number of aliphatic carboxylic acids is 1. The summed E-state index contributed by atoms with van der Waals surface area (Å²) in [5, 5.41) is 8.78. The summed E-state index contributed by atoms with van der Waals surface area (Å²) < 4.78 is 33.6. The van der Waals surface area contributed by atoms with E-state index in [-0.39, 0.29) is 17.0 Å². The molecule has 8 heteroatoms. The molecule has 1 aliphatic rings. The van der Waals surface area contributed by atoms with Crippen molar-refractivity contribution in [3.63, 3.8) is 0 Å². The first-order valence-electron chi connectivity index (χ1n) is 7.72. The Morgan fingerprint density at radius 1 is 0.962 bits per heavy atom. The van der Waals surface area contributed by atoms with Crippen LogP contribution < -0.4 is 5.11 Å². The van der Waals surface area contributed by atoms with Crippen molar-refractivity contribution < 1.29 is 27.9 Å². The maximum Gasteiger partial charge on any atom is 0.430 e. The molecule has 1 amide bonds. The number of benzene rings is 2. The fourth-order valence-corrected chi connectivity index (χ4v) is 4.55. The van der Waals surface area contributed by atoms with Crippen molar-refractivity contribution in [1.29, 1.82) is 0 Å². The van der Waals surface area contributed by atoms with Crippen molar-refractivity contribution in [3.05, 3.63) is 66.2 Å². The zero-order valence-electron chi connectivity index (χ0n) is 13.6. The molecule has 2 aromatic rings. The third-order valence-electron chi connectivity index (χ3n) is 3.46. The van der Waals surface area contributed by atoms with Crippen molar-refractivity contribution in [3.8, 4) is 0 Å². The Labute approximate surface area is 151 Å². The van der Waals surface area contributed by atoms with E-state index in [0.717, 1.165) is 24.3 Å². The number of rotatable bonds is 2. The second-order valence-electron chi connectivity index (χ2n) is 5.29. The Hall–Kier alpha value is -2.48. The molecule has 0 aromatic heterocycles. The zero-order valence-corrected chi connectivity index (χ0v) is 14.4. The van der Waals surface area contributed by atoms with Gasteiger partial charge in [-0.15, -0.1) is 4.31 Å². The fourth-order valence-electron chi connectivity index (χ4n) is 2.31. The highest BCUT2D eigenvalue weighted by molar-refractivity contribution is 7.95. The second-order valence-corrected chi connectivity index (χ2v) is 7.34. The first kappa shape index (κ1) is 19.8. The Morgan fingerprint density at radius 2 is 1.46 bits per heavy atom. The van der Waals surface area contributed by atoms with Crippen molar-refractivity contribution in [2.45, 2.75) is 17.5 Å². The number of carboxylic acid groups (broad SMARTS) is 1. The summed E-state index contributed by atoms with van der Waals surface area (Å²) >= 11 is -0.0753. The second kappa shape index (κ2) is 8.75. The molecule has 138 valence electrons. The van der Waals surface area contributed by atoms with E-state index in [1.54, 1.807) is 0 Å². The summed E-state index contributed by atoms with van der Waals surface area (Å²) in [6.45, 7) is 0.867. The topological polar surface area (TPSA) is 60.4 Å². The summed E-state index contributed by atoms with van der Waals surface area (Å²) in [5.74, 6) is -1.76. The van der Waals surface area contributed by atoms with Gasteiger partial charge in [-0.25, -0.2) is 0 Å². The van der Waals surface area contributed by atoms with Gasteiger partial charge in [0.1, 0.15) is 22.8 Å². The molecule has 4 nitrogen and oxygen atoms in total. The van der Waals surface area contributed by atoms with Crippen LogP contribution in [0.1, 0.15) is 16.8 Å². The van der Waals surface area contributed by atoms with Crippen LogP contribution in [0.5, 0.6) is 0 Å². The molecule has 0 N–H and O–H groups in total. The van der Waals surface area contributed by atoms with E-state index in [4.69, 9.17) is 9.90 Å². The van der Waals surface area contributed by atoms with E-state index in [1.807, 2.05) is 52.8 Å². The lowest BCUT2D eigenvalue weighted by Gasteiger charge is -2.14. The predicted octanol–water partition coefficient (Wildman–Crippen LogP) is 2.42. The average molecular weight is 383 g/mol. The van der Waals surface area contributed by atoms with E-state index in [2.05, 4.69) is 12.1 Å². The molecule has 2 aromatic carbocycles. The minimum atomic E-state index is -5.19. The van der Waals surface area contributed by atoms with Gasteiger partial charge in [0.2, 0.25) is 0 Å². The van der Waals surface area contributed by atoms with Crippen LogP contribution in [0, 0.1) is 0 Å². The smallest absolute Gasteiger partial charge is 0.430 e. The van der Waals surface area contributed by atoms with Gasteiger partial charge in [-0.3, -0.25) is 4.79 Å². The Kier molecular flexibility index (Phi) is 6.68. The first-order valence-corrected chi connectivity index (χ1v) is 9.07. The molecule has 1 atom stereocenters. The number of nitrogens with zero attached hydrogens (tertiary/aromatic N) is 1. The molecule has 1 fully saturated rings. The van der Waals surface area contributed by atoms with Gasteiger partial charge in [-0.1, -0.05) is 36.4 Å². The number of carbonyl (C=O) groups is 2. The number of amides is 1. The van der Waals surface area contributed by atoms with Gasteiger partial charge in [-0.2, -0.15) is 13.2 Å². The quantitative estimate of drug-likeness (QED) is 0.749. The normalized spacial score (nSPS) is 16.6. The lowest BCUT2D eigenvalue weighted by Crippen LogP contribution is -2.37. The summed E-state index contributed by atoms with van der Waals surface area (Å²) in [4.78, 5) is 22.6. The van der Waals surface area contributed by atoms with Gasteiger partial charge >= 0.3 is 6.18 Å². The van der Waals surface area contributed by atoms with Gasteiger partial charge in [0.15, 0.2) is 4.90 Å². The van der Waals surface area contributed by atoms with Crippen molar-refractivity contribution >= 4 is 23.0 Å². The van der Waals surface area contributed by atoms with E-state index in [9.17, 15) is 18.0 Å². The number of hydrogen-bond acceptors (Lipinski definition) is 3. The van der Waals surface area contributed by atoms with Gasteiger partial charge in [-0.05, 0) is 24.3 Å². The SMILES string of the molecule is O=C([O-])C(F)(F)F.O=C(c1ccccc1)N1CCC[S+]1c1ccccc1. The van der Waals surface area contributed by atoms with E-state index >= 15 is 0 Å². The zero-order chi connectivity index (χ0) is 19.2. The highest BCUT2D eigenvalue weighted by Gasteiger charge is 2.40. The number of alkyl halides is 3. The third-order valence-corrected chi connectivity index (χ3v) is 5.83. The molecule has 1 saturated heterocycles. The maximum atomic E-state index is 12.6. The van der Waals surface area contributed by atoms with Gasteiger partial charge < -0.3 is 9.90 Å². The standard InChI is InChI=1S/C16H16NOS.C2HF3O2/c18-16(14-8-3-1-4-9-14)17-12-7-13-19(17)15-10-5-2-6-11-15;3-2(4,5)1(6)7/h1-6,8-11H,7,12-13H2;(H,6,7)/q+1;/p-1. The third kappa shape index (κ3) is 5.26. The summed E-state index contributed by atoms with van der Waals surface area (Å²) in [5.41, 5.74) is 0.790. The molecular formula is C18H16F3NO3S. The van der Waals surface area contributed by atoms with Crippen LogP contribution in [0.4, 0.5) is 13.2 Å². The summed E-state index contributed by atoms with van der Waals surface area (Å²) in [6, 6.07) is 19.9. The van der Waals surface area contributed by atoms with Crippen LogP contribution in [-0.4, -0.2) is 34.7 Å². The van der Waals surface area contributed by atoms with E-state index in [0.29, 0.717) is 0 Å². The van der Waals surface area contributed by atoms with Crippen LogP contribution in [-0.2, 0) is 15.9 Å². The van der Waals surface area contributed by atoms with E-state index in [1.165, 1.54) is 4.90 Å². The summed E-state index contributed by atoms with van der Waals surface area (Å²) in [6.07, 6.45) is -4.10.